The Balaban J connectivity index is 0.000000222. The molecule has 1 aliphatic heterocycles. The molecule has 0 saturated carbocycles. The molecule has 1 saturated heterocycles. The van der Waals surface area contributed by atoms with Gasteiger partial charge < -0.3 is 26.7 Å². The lowest BCUT2D eigenvalue weighted by Crippen LogP contribution is -2.35. The number of nitrogens with one attached hydrogen (secondary N) is 4. The average Bonchev–Trinajstić information content (AvgIpc) is 4.10. The molecule has 1 fully saturated rings. The van der Waals surface area contributed by atoms with Crippen molar-refractivity contribution in [3.63, 3.8) is 0 Å². The number of H-pyrrole nitrogens is 1. The number of carbonyl (C=O) groups is 1. The molecule has 0 aliphatic carbocycles. The number of unbranched alkanes of at least 4 members (excludes halogenated alkanes) is 3. The predicted octanol–water partition coefficient (Wildman–Crippen LogP) is 13.3. The number of thiophene rings is 1. The van der Waals surface area contributed by atoms with Crippen molar-refractivity contribution in [1.82, 2.24) is 40.5 Å². The summed E-state index contributed by atoms with van der Waals surface area (Å²) in [6, 6.07) is 18.7. The van der Waals surface area contributed by atoms with Gasteiger partial charge in [0.25, 0.3) is 5.91 Å². The zero-order valence-electron chi connectivity index (χ0n) is 38.2. The number of carbonyl (C=O) groups excluding carboxylic acids is 1. The van der Waals surface area contributed by atoms with Crippen LogP contribution in [0.4, 0.5) is 0 Å². The second-order valence-electron chi connectivity index (χ2n) is 15.6. The maximum atomic E-state index is 11.8. The Hall–Kier alpha value is -4.58. The topological polar surface area (TPSA) is 131 Å². The van der Waals surface area contributed by atoms with Gasteiger partial charge in [0.05, 0.1) is 60.5 Å². The summed E-state index contributed by atoms with van der Waals surface area (Å²) < 4.78 is 3.52. The number of amides is 1. The molecule has 66 heavy (non-hydrogen) atoms. The molecule has 1 amide bonds. The van der Waals surface area contributed by atoms with E-state index >= 15 is 0 Å². The number of hydrogen-bond acceptors (Lipinski definition) is 6. The van der Waals surface area contributed by atoms with E-state index in [1.165, 1.54) is 43.7 Å². The molecule has 350 valence electrons. The van der Waals surface area contributed by atoms with Crippen LogP contribution in [0.15, 0.2) is 66.7 Å². The number of piperidine rings is 1. The molecule has 0 radical (unpaired) electrons. The van der Waals surface area contributed by atoms with Gasteiger partial charge in [-0.3, -0.25) is 4.79 Å². The zero-order valence-corrected chi connectivity index (χ0v) is 42.9. The number of nitrogens with two attached hydrogens (primary N) is 1. The fourth-order valence-electron chi connectivity index (χ4n) is 6.94. The number of allylic oxidation sites excluding steroid dienone is 1. The molecule has 6 aromatic rings. The van der Waals surface area contributed by atoms with Crippen molar-refractivity contribution in [3.05, 3.63) is 120 Å². The summed E-state index contributed by atoms with van der Waals surface area (Å²) in [6.07, 6.45) is 14.8. The van der Waals surface area contributed by atoms with Crippen LogP contribution in [-0.2, 0) is 6.54 Å². The molecule has 1 aliphatic rings. The Morgan fingerprint density at radius 1 is 0.848 bits per heavy atom. The molecular formula is C50H59Cl4N9OS2. The van der Waals surface area contributed by atoms with Gasteiger partial charge in [0, 0.05) is 39.8 Å². The third-order valence-corrected chi connectivity index (χ3v) is 12.8. The fourth-order valence-corrected chi connectivity index (χ4v) is 9.06. The lowest BCUT2D eigenvalue weighted by atomic mass is 10.1. The number of aromatic nitrogens is 5. The lowest BCUT2D eigenvalue weighted by Gasteiger charge is -2.09. The highest BCUT2D eigenvalue weighted by atomic mass is 35.5. The normalized spacial score (nSPS) is 12.1. The van der Waals surface area contributed by atoms with Crippen LogP contribution >= 0.6 is 70.0 Å². The smallest absolute Gasteiger partial charge is 0.269 e. The van der Waals surface area contributed by atoms with E-state index in [1.807, 2.05) is 35.9 Å². The first-order valence-electron chi connectivity index (χ1n) is 22.4. The summed E-state index contributed by atoms with van der Waals surface area (Å²) >= 11 is 32.0. The number of primary amides is 1. The van der Waals surface area contributed by atoms with Crippen molar-refractivity contribution in [1.29, 1.82) is 0 Å². The summed E-state index contributed by atoms with van der Waals surface area (Å²) in [5.41, 5.74) is 13.5. The van der Waals surface area contributed by atoms with E-state index in [4.69, 9.17) is 69.5 Å². The highest BCUT2D eigenvalue weighted by molar-refractivity contribution is 7.80. The highest BCUT2D eigenvalue weighted by Gasteiger charge is 2.23. The van der Waals surface area contributed by atoms with Gasteiger partial charge in [0.1, 0.15) is 0 Å². The Labute approximate surface area is 419 Å². The number of halogens is 4. The van der Waals surface area contributed by atoms with Crippen molar-refractivity contribution in [2.45, 2.75) is 99.0 Å². The number of aromatic amines is 1. The molecule has 2 aromatic carbocycles. The van der Waals surface area contributed by atoms with Crippen LogP contribution < -0.4 is 21.7 Å². The van der Waals surface area contributed by atoms with Crippen molar-refractivity contribution in [2.24, 2.45) is 5.73 Å². The van der Waals surface area contributed by atoms with E-state index in [1.54, 1.807) is 28.9 Å². The lowest BCUT2D eigenvalue weighted by molar-refractivity contribution is 0.0994. The van der Waals surface area contributed by atoms with E-state index in [0.29, 0.717) is 43.0 Å². The monoisotopic (exact) mass is 1010 g/mol. The number of nitrogens with zero attached hydrogens (tertiary/aromatic N) is 4. The molecule has 0 unspecified atom stereocenters. The third kappa shape index (κ3) is 14.7. The minimum absolute atomic E-state index is 0.211. The predicted molar refractivity (Wildman–Crippen MR) is 283 cm³/mol. The van der Waals surface area contributed by atoms with Gasteiger partial charge in [0.15, 0.2) is 10.8 Å². The molecule has 16 heteroatoms. The van der Waals surface area contributed by atoms with Crippen LogP contribution in [0.3, 0.4) is 0 Å². The quantitative estimate of drug-likeness (QED) is 0.0417. The summed E-state index contributed by atoms with van der Waals surface area (Å²) in [7, 11) is 0. The zero-order chi connectivity index (χ0) is 47.6. The Morgan fingerprint density at radius 2 is 1.53 bits per heavy atom. The first-order valence-corrected chi connectivity index (χ1v) is 25.2. The van der Waals surface area contributed by atoms with Gasteiger partial charge in [-0.15, -0.1) is 11.3 Å². The van der Waals surface area contributed by atoms with Crippen LogP contribution in [0.25, 0.3) is 39.4 Å². The van der Waals surface area contributed by atoms with Gasteiger partial charge in [0.2, 0.25) is 0 Å². The summed E-state index contributed by atoms with van der Waals surface area (Å²) in [4.78, 5) is 17.2. The third-order valence-electron chi connectivity index (χ3n) is 10.4. The molecule has 5 heterocycles. The Morgan fingerprint density at radius 3 is 2.11 bits per heavy atom. The molecule has 10 nitrogen and oxygen atoms in total. The minimum Gasteiger partial charge on any atom is -0.364 e. The van der Waals surface area contributed by atoms with Gasteiger partial charge in [-0.25, -0.2) is 9.36 Å². The second kappa shape index (κ2) is 26.7. The Bertz CT molecular complexity index is 2630. The van der Waals surface area contributed by atoms with Crippen LogP contribution in [-0.4, -0.2) is 55.2 Å². The summed E-state index contributed by atoms with van der Waals surface area (Å²) in [6.45, 7) is 14.2. The van der Waals surface area contributed by atoms with Crippen molar-refractivity contribution >= 4 is 87.1 Å². The van der Waals surface area contributed by atoms with Gasteiger partial charge >= 0.3 is 0 Å². The van der Waals surface area contributed by atoms with Crippen LogP contribution in [0, 0.1) is 25.7 Å². The fraction of sp³-hybridized carbons (Fsp3) is 0.360. The van der Waals surface area contributed by atoms with E-state index in [2.05, 4.69) is 89.9 Å². The van der Waals surface area contributed by atoms with Crippen LogP contribution in [0.2, 0.25) is 20.1 Å². The maximum absolute atomic E-state index is 11.8. The molecule has 6 N–H and O–H groups in total. The van der Waals surface area contributed by atoms with Crippen molar-refractivity contribution < 1.29 is 4.79 Å². The van der Waals surface area contributed by atoms with E-state index in [0.717, 1.165) is 94.5 Å². The molecule has 4 aromatic heterocycles. The molecule has 0 spiro atoms. The van der Waals surface area contributed by atoms with Crippen LogP contribution in [0.5, 0.6) is 0 Å². The first kappa shape index (κ1) is 52.4. The maximum Gasteiger partial charge on any atom is 0.269 e. The summed E-state index contributed by atoms with van der Waals surface area (Å²) in [5.74, 6) is 5.72. The van der Waals surface area contributed by atoms with Gasteiger partial charge in [-0.1, -0.05) is 104 Å². The van der Waals surface area contributed by atoms with Crippen LogP contribution in [0.1, 0.15) is 116 Å². The molecule has 0 atom stereocenters. The van der Waals surface area contributed by atoms with Crippen molar-refractivity contribution in [3.8, 4) is 45.2 Å². The molecule has 7 rings (SSSR count). The second-order valence-corrected chi connectivity index (χ2v) is 18.8. The minimum atomic E-state index is -0.586. The van der Waals surface area contributed by atoms with E-state index < -0.39 is 5.91 Å². The largest absolute Gasteiger partial charge is 0.364 e. The van der Waals surface area contributed by atoms with Gasteiger partial charge in [-0.05, 0) is 138 Å². The molecular weight excluding hydrogens is 949 g/mol. The number of rotatable bonds is 14. The molecule has 0 bridgehead atoms. The SMILES string of the molecule is C1CCNCC1.CCC/C=C/c1ccc(-c2c(C)c(CNC(=S)NCCCC)nn2-c2ccc(Cl)cc2Cl)[nH]1.CCCC#Cc1ccc(-c2c(C)c(C(N)=O)nn2-c2ccc(Cl)cc2Cl)s1. The number of hydrogen-bond donors (Lipinski definition) is 5. The van der Waals surface area contributed by atoms with Crippen molar-refractivity contribution in [2.75, 3.05) is 19.6 Å². The Kier molecular flexibility index (Phi) is 21.2. The number of benzene rings is 2. The summed E-state index contributed by atoms with van der Waals surface area (Å²) in [5, 5.41) is 21.8. The average molecular weight is 1010 g/mol. The van der Waals surface area contributed by atoms with Gasteiger partial charge in [-0.2, -0.15) is 10.2 Å². The van der Waals surface area contributed by atoms with E-state index in [-0.39, 0.29) is 5.69 Å². The number of thiocarbonyl (C=S) groups is 1. The first-order chi connectivity index (χ1) is 31.9. The van der Waals surface area contributed by atoms with E-state index in [9.17, 15) is 4.79 Å². The standard InChI is InChI=1S/C25H31Cl2N5S.C20H17Cl2N3OS.C5H11N/c1-4-6-8-9-19-11-12-21(30-19)24-17(3)22(16-29-25(33)28-14-7-5-2)31-32(24)23-13-10-18(26)15-20(23)27;1-3-4-5-6-14-8-10-17(27-14)19-12(2)18(20(23)26)24-25(19)16-9-7-13(21)11-15(16)22;1-2-4-6-5-3-1/h8-13,15,30H,4-7,14,16H2,1-3H3,(H2,28,29,33);7-11H,3-4H2,1-2H3,(H2,23,26);6H,1-5H2/b9-8+;;. The highest BCUT2D eigenvalue weighted by Crippen LogP contribution is 2.36.